The second-order valence-electron chi connectivity index (χ2n) is 5.26. The van der Waals surface area contributed by atoms with Crippen LogP contribution in [0.2, 0.25) is 5.02 Å². The molecule has 3 rings (SSSR count). The molecule has 1 aliphatic heterocycles. The Balaban J connectivity index is 1.94. The van der Waals surface area contributed by atoms with Crippen LogP contribution in [0, 0.1) is 0 Å². The van der Waals surface area contributed by atoms with Crippen molar-refractivity contribution in [3.63, 3.8) is 0 Å². The Hall–Kier alpha value is -1.55. The summed E-state index contributed by atoms with van der Waals surface area (Å²) in [6.45, 7) is 0.568. The van der Waals surface area contributed by atoms with Crippen molar-refractivity contribution < 1.29 is 9.47 Å². The molecule has 21 heavy (non-hydrogen) atoms. The van der Waals surface area contributed by atoms with Gasteiger partial charge in [-0.05, 0) is 29.3 Å². The summed E-state index contributed by atoms with van der Waals surface area (Å²) in [4.78, 5) is 0. The average Bonchev–Trinajstić information content (AvgIpc) is 2.49. The van der Waals surface area contributed by atoms with Crippen LogP contribution >= 0.6 is 11.6 Å². The van der Waals surface area contributed by atoms with Crippen LogP contribution < -0.4 is 10.5 Å². The van der Waals surface area contributed by atoms with Gasteiger partial charge in [0.05, 0.1) is 6.61 Å². The van der Waals surface area contributed by atoms with Gasteiger partial charge in [-0.3, -0.25) is 0 Å². The number of methoxy groups -OCH3 is 1. The fraction of sp³-hybridized carbons (Fsp3) is 0.294. The summed E-state index contributed by atoms with van der Waals surface area (Å²) < 4.78 is 11.4. The Labute approximate surface area is 129 Å². The summed E-state index contributed by atoms with van der Waals surface area (Å²) in [7, 11) is 1.70. The molecule has 0 aromatic heterocycles. The molecule has 0 radical (unpaired) electrons. The van der Waals surface area contributed by atoms with Crippen LogP contribution in [0.3, 0.4) is 0 Å². The molecule has 3 nitrogen and oxygen atoms in total. The molecule has 2 aromatic carbocycles. The minimum atomic E-state index is -0.0759. The average molecular weight is 304 g/mol. The van der Waals surface area contributed by atoms with Crippen molar-refractivity contribution >= 4 is 11.6 Å². The number of halogens is 1. The fourth-order valence-electron chi connectivity index (χ4n) is 2.80. The molecule has 1 aliphatic rings. The van der Waals surface area contributed by atoms with E-state index in [1.54, 1.807) is 7.11 Å². The monoisotopic (exact) mass is 303 g/mol. The van der Waals surface area contributed by atoms with Gasteiger partial charge in [0.2, 0.25) is 0 Å². The SMILES string of the molecule is COCc1ccccc1C1C[C@H](N)c2cc(Cl)ccc2O1. The van der Waals surface area contributed by atoms with E-state index < -0.39 is 0 Å². The van der Waals surface area contributed by atoms with Gasteiger partial charge in [0, 0.05) is 30.2 Å². The lowest BCUT2D eigenvalue weighted by atomic mass is 9.91. The standard InChI is InChI=1S/C17H18ClNO2/c1-20-10-11-4-2-3-5-13(11)17-9-15(19)14-8-12(18)6-7-16(14)21-17/h2-8,15,17H,9-10,19H2,1H3/t15-,17?/m0/s1. The molecule has 110 valence electrons. The quantitative estimate of drug-likeness (QED) is 0.931. The molecule has 0 bridgehead atoms. The molecule has 0 fully saturated rings. The van der Waals surface area contributed by atoms with Gasteiger partial charge in [-0.2, -0.15) is 0 Å². The Morgan fingerprint density at radius 2 is 2.05 bits per heavy atom. The zero-order valence-electron chi connectivity index (χ0n) is 11.9. The van der Waals surface area contributed by atoms with E-state index in [4.69, 9.17) is 26.8 Å². The predicted octanol–water partition coefficient (Wildman–Crippen LogP) is 4.01. The maximum absolute atomic E-state index is 6.30. The number of hydrogen-bond acceptors (Lipinski definition) is 3. The number of ether oxygens (including phenoxy) is 2. The van der Waals surface area contributed by atoms with E-state index in [1.807, 2.05) is 30.3 Å². The van der Waals surface area contributed by atoms with Gasteiger partial charge in [0.15, 0.2) is 0 Å². The first-order valence-electron chi connectivity index (χ1n) is 6.97. The molecule has 0 saturated heterocycles. The molecular weight excluding hydrogens is 286 g/mol. The molecule has 2 N–H and O–H groups in total. The van der Waals surface area contributed by atoms with Crippen LogP contribution in [0.5, 0.6) is 5.75 Å². The molecule has 0 amide bonds. The van der Waals surface area contributed by atoms with Crippen molar-refractivity contribution in [2.45, 2.75) is 25.2 Å². The van der Waals surface area contributed by atoms with E-state index in [9.17, 15) is 0 Å². The first kappa shape index (κ1) is 14.4. The second-order valence-corrected chi connectivity index (χ2v) is 5.70. The lowest BCUT2D eigenvalue weighted by Gasteiger charge is -2.31. The fourth-order valence-corrected chi connectivity index (χ4v) is 2.98. The van der Waals surface area contributed by atoms with Gasteiger partial charge in [0.25, 0.3) is 0 Å². The van der Waals surface area contributed by atoms with Gasteiger partial charge in [0.1, 0.15) is 11.9 Å². The van der Waals surface area contributed by atoms with Crippen LogP contribution in [0.15, 0.2) is 42.5 Å². The van der Waals surface area contributed by atoms with Gasteiger partial charge in [-0.1, -0.05) is 35.9 Å². The summed E-state index contributed by atoms with van der Waals surface area (Å²) in [6.07, 6.45) is 0.675. The summed E-state index contributed by atoms with van der Waals surface area (Å²) in [5.41, 5.74) is 9.54. The zero-order chi connectivity index (χ0) is 14.8. The third kappa shape index (κ3) is 2.91. The lowest BCUT2D eigenvalue weighted by molar-refractivity contribution is 0.151. The maximum atomic E-state index is 6.30. The number of fused-ring (bicyclic) bond motifs is 1. The molecular formula is C17H18ClNO2. The molecule has 2 aromatic rings. The van der Waals surface area contributed by atoms with E-state index >= 15 is 0 Å². The van der Waals surface area contributed by atoms with Gasteiger partial charge in [-0.25, -0.2) is 0 Å². The highest BCUT2D eigenvalue weighted by Crippen LogP contribution is 2.41. The van der Waals surface area contributed by atoms with E-state index in [-0.39, 0.29) is 12.1 Å². The Kier molecular flexibility index (Phi) is 4.15. The number of hydrogen-bond donors (Lipinski definition) is 1. The van der Waals surface area contributed by atoms with Crippen LogP contribution in [-0.4, -0.2) is 7.11 Å². The minimum Gasteiger partial charge on any atom is -0.485 e. The molecule has 1 heterocycles. The lowest BCUT2D eigenvalue weighted by Crippen LogP contribution is -2.24. The van der Waals surface area contributed by atoms with Crippen molar-refractivity contribution in [1.82, 2.24) is 0 Å². The molecule has 4 heteroatoms. The summed E-state index contributed by atoms with van der Waals surface area (Å²) in [6, 6.07) is 13.7. The van der Waals surface area contributed by atoms with Gasteiger partial charge in [-0.15, -0.1) is 0 Å². The van der Waals surface area contributed by atoms with E-state index in [0.29, 0.717) is 11.6 Å². The van der Waals surface area contributed by atoms with Crippen molar-refractivity contribution in [2.75, 3.05) is 7.11 Å². The van der Waals surface area contributed by atoms with Gasteiger partial charge < -0.3 is 15.2 Å². The van der Waals surface area contributed by atoms with Crippen molar-refractivity contribution in [3.05, 3.63) is 64.2 Å². The first-order chi connectivity index (χ1) is 10.2. The van der Waals surface area contributed by atoms with Crippen LogP contribution in [0.1, 0.15) is 35.3 Å². The second kappa shape index (κ2) is 6.06. The normalized spacial score (nSPS) is 20.7. The zero-order valence-corrected chi connectivity index (χ0v) is 12.6. The topological polar surface area (TPSA) is 44.5 Å². The van der Waals surface area contributed by atoms with Crippen LogP contribution in [-0.2, 0) is 11.3 Å². The minimum absolute atomic E-state index is 0.0555. The predicted molar refractivity (Wildman–Crippen MR) is 83.5 cm³/mol. The van der Waals surface area contributed by atoms with Crippen molar-refractivity contribution in [3.8, 4) is 5.75 Å². The first-order valence-corrected chi connectivity index (χ1v) is 7.35. The van der Waals surface area contributed by atoms with Crippen molar-refractivity contribution in [2.24, 2.45) is 5.73 Å². The maximum Gasteiger partial charge on any atom is 0.126 e. The van der Waals surface area contributed by atoms with Gasteiger partial charge >= 0.3 is 0 Å². The highest BCUT2D eigenvalue weighted by atomic mass is 35.5. The van der Waals surface area contributed by atoms with Crippen LogP contribution in [0.25, 0.3) is 0 Å². The highest BCUT2D eigenvalue weighted by Gasteiger charge is 2.28. The largest absolute Gasteiger partial charge is 0.485 e. The van der Waals surface area contributed by atoms with E-state index in [2.05, 4.69) is 12.1 Å². The molecule has 0 aliphatic carbocycles. The Bertz CT molecular complexity index is 644. The summed E-state index contributed by atoms with van der Waals surface area (Å²) in [5, 5.41) is 0.686. The molecule has 0 saturated carbocycles. The summed E-state index contributed by atoms with van der Waals surface area (Å²) >= 11 is 6.03. The number of nitrogens with two attached hydrogens (primary N) is 1. The smallest absolute Gasteiger partial charge is 0.126 e. The number of benzene rings is 2. The molecule has 0 spiro atoms. The van der Waals surface area contributed by atoms with Crippen molar-refractivity contribution in [1.29, 1.82) is 0 Å². The Morgan fingerprint density at radius 3 is 2.86 bits per heavy atom. The molecule has 2 atom stereocenters. The summed E-state index contributed by atoms with van der Waals surface area (Å²) in [5.74, 6) is 0.815. The molecule has 1 unspecified atom stereocenters. The third-order valence-corrected chi connectivity index (χ3v) is 4.05. The third-order valence-electron chi connectivity index (χ3n) is 3.81. The van der Waals surface area contributed by atoms with E-state index in [1.165, 1.54) is 0 Å². The van der Waals surface area contributed by atoms with E-state index in [0.717, 1.165) is 28.9 Å². The highest BCUT2D eigenvalue weighted by molar-refractivity contribution is 6.30. The number of rotatable bonds is 3. The Morgan fingerprint density at radius 1 is 1.24 bits per heavy atom. The van der Waals surface area contributed by atoms with Crippen LogP contribution in [0.4, 0.5) is 0 Å².